The molecule has 2 aliphatic heterocycles. The van der Waals surface area contributed by atoms with Crippen molar-refractivity contribution >= 4 is 17.8 Å². The van der Waals surface area contributed by atoms with Crippen LogP contribution in [0.5, 0.6) is 34.5 Å². The zero-order valence-electron chi connectivity index (χ0n) is 23.2. The molecule has 1 atom stereocenters. The number of aromatic nitrogens is 1. The number of pyridine rings is 1. The Kier molecular flexibility index (Phi) is 7.23. The first kappa shape index (κ1) is 26.9. The van der Waals surface area contributed by atoms with Crippen LogP contribution in [0.25, 0.3) is 6.08 Å². The second kappa shape index (κ2) is 11.3. The Labute approximate surface area is 242 Å². The number of benzene rings is 3. The number of carbonyl (C=O) groups is 2. The molecule has 9 nitrogen and oxygen atoms in total. The number of ether oxygens (including phenoxy) is 6. The summed E-state index contributed by atoms with van der Waals surface area (Å²) in [6.45, 7) is 0.254. The zero-order chi connectivity index (χ0) is 29.2. The van der Waals surface area contributed by atoms with Crippen LogP contribution in [0.15, 0.2) is 78.7 Å². The van der Waals surface area contributed by atoms with Crippen molar-refractivity contribution in [2.75, 3.05) is 21.3 Å². The van der Waals surface area contributed by atoms with Gasteiger partial charge in [0, 0.05) is 28.8 Å². The molecule has 6 rings (SSSR count). The van der Waals surface area contributed by atoms with E-state index < -0.39 is 5.92 Å². The summed E-state index contributed by atoms with van der Waals surface area (Å²) >= 11 is 0. The fraction of sp³-hybridized carbons (Fsp3) is 0.182. The van der Waals surface area contributed by atoms with Gasteiger partial charge in [0.25, 0.3) is 0 Å². The van der Waals surface area contributed by atoms with Crippen molar-refractivity contribution in [3.63, 3.8) is 0 Å². The molecule has 0 fully saturated rings. The summed E-state index contributed by atoms with van der Waals surface area (Å²) < 4.78 is 34.5. The largest absolute Gasteiger partial charge is 0.493 e. The molecule has 212 valence electrons. The topological polar surface area (TPSA) is 102 Å². The van der Waals surface area contributed by atoms with E-state index in [1.54, 1.807) is 36.5 Å². The number of rotatable bonds is 8. The lowest BCUT2D eigenvalue weighted by atomic mass is 9.84. The van der Waals surface area contributed by atoms with Crippen molar-refractivity contribution in [3.05, 3.63) is 107 Å². The standard InChI is InChI=1S/C33H27NO8/c1-37-26-13-11-19(31(38-2)33(26)39-3)16-27-30(36)22-12-14-25-29(32(22)42-27)23(17-28(35)41-25)21-9-4-5-10-24(21)40-18-20-8-6-7-15-34-20/h4-16,23H,17-18H2,1-3H3/b27-16-/t23-/m1/s1. The van der Waals surface area contributed by atoms with E-state index in [-0.39, 0.29) is 30.5 Å². The molecule has 9 heteroatoms. The summed E-state index contributed by atoms with van der Waals surface area (Å²) in [5.41, 5.74) is 3.09. The monoisotopic (exact) mass is 565 g/mol. The number of esters is 1. The van der Waals surface area contributed by atoms with E-state index in [4.69, 9.17) is 28.4 Å². The maximum Gasteiger partial charge on any atom is 0.312 e. The minimum atomic E-state index is -0.473. The predicted molar refractivity (Wildman–Crippen MR) is 153 cm³/mol. The molecule has 0 N–H and O–H groups in total. The lowest BCUT2D eigenvalue weighted by molar-refractivity contribution is -0.135. The first-order valence-corrected chi connectivity index (χ1v) is 13.2. The summed E-state index contributed by atoms with van der Waals surface area (Å²) in [4.78, 5) is 30.6. The average molecular weight is 566 g/mol. The molecule has 0 radical (unpaired) electrons. The molecule has 0 bridgehead atoms. The van der Waals surface area contributed by atoms with E-state index >= 15 is 0 Å². The molecular weight excluding hydrogens is 538 g/mol. The van der Waals surface area contributed by atoms with E-state index in [2.05, 4.69) is 4.98 Å². The number of nitrogens with zero attached hydrogens (tertiary/aromatic N) is 1. The van der Waals surface area contributed by atoms with Crippen molar-refractivity contribution in [2.45, 2.75) is 18.9 Å². The molecule has 1 aromatic heterocycles. The van der Waals surface area contributed by atoms with Crippen LogP contribution >= 0.6 is 0 Å². The van der Waals surface area contributed by atoms with Gasteiger partial charge in [0.1, 0.15) is 23.9 Å². The Morgan fingerprint density at radius 1 is 0.857 bits per heavy atom. The number of carbonyl (C=O) groups excluding carboxylic acids is 2. The fourth-order valence-corrected chi connectivity index (χ4v) is 5.29. The van der Waals surface area contributed by atoms with Crippen molar-refractivity contribution in [1.82, 2.24) is 4.98 Å². The Morgan fingerprint density at radius 3 is 2.43 bits per heavy atom. The van der Waals surface area contributed by atoms with Crippen LogP contribution in [-0.4, -0.2) is 38.1 Å². The Hall–Kier alpha value is -5.31. The van der Waals surface area contributed by atoms with Crippen molar-refractivity contribution in [2.24, 2.45) is 0 Å². The van der Waals surface area contributed by atoms with Gasteiger partial charge in [0.15, 0.2) is 17.3 Å². The highest BCUT2D eigenvalue weighted by molar-refractivity contribution is 6.15. The maximum atomic E-state index is 13.6. The van der Waals surface area contributed by atoms with Gasteiger partial charge in [-0.1, -0.05) is 24.3 Å². The van der Waals surface area contributed by atoms with Crippen LogP contribution < -0.4 is 28.4 Å². The Balaban J connectivity index is 1.40. The summed E-state index contributed by atoms with van der Waals surface area (Å²) in [7, 11) is 4.55. The lowest BCUT2D eigenvalue weighted by Crippen LogP contribution is -2.22. The number of methoxy groups -OCH3 is 3. The molecule has 0 saturated carbocycles. The summed E-state index contributed by atoms with van der Waals surface area (Å²) in [5.74, 6) is 1.49. The second-order valence-electron chi connectivity index (χ2n) is 9.60. The van der Waals surface area contributed by atoms with Crippen LogP contribution in [0.1, 0.15) is 45.1 Å². The van der Waals surface area contributed by atoms with Gasteiger partial charge in [-0.15, -0.1) is 0 Å². The van der Waals surface area contributed by atoms with Gasteiger partial charge in [0.2, 0.25) is 11.5 Å². The van der Waals surface area contributed by atoms with Gasteiger partial charge in [-0.3, -0.25) is 14.6 Å². The number of allylic oxidation sites excluding steroid dienone is 1. The first-order chi connectivity index (χ1) is 20.5. The third-order valence-corrected chi connectivity index (χ3v) is 7.20. The van der Waals surface area contributed by atoms with Gasteiger partial charge < -0.3 is 28.4 Å². The maximum absolute atomic E-state index is 13.6. The Morgan fingerprint density at radius 2 is 1.67 bits per heavy atom. The van der Waals surface area contributed by atoms with Gasteiger partial charge in [-0.05, 0) is 48.5 Å². The second-order valence-corrected chi connectivity index (χ2v) is 9.60. The molecule has 4 aromatic rings. The number of fused-ring (bicyclic) bond motifs is 3. The van der Waals surface area contributed by atoms with Gasteiger partial charge in [-0.25, -0.2) is 0 Å². The number of Topliss-reactive ketones (excluding diaryl/α,β-unsaturated/α-hetero) is 1. The normalized spacial score (nSPS) is 16.3. The molecule has 0 aliphatic carbocycles. The van der Waals surface area contributed by atoms with Crippen LogP contribution in [0, 0.1) is 0 Å². The average Bonchev–Trinajstić information content (AvgIpc) is 3.34. The Bertz CT molecular complexity index is 1710. The van der Waals surface area contributed by atoms with Crippen molar-refractivity contribution in [3.8, 4) is 34.5 Å². The predicted octanol–water partition coefficient (Wildman–Crippen LogP) is 5.74. The fourth-order valence-electron chi connectivity index (χ4n) is 5.29. The summed E-state index contributed by atoms with van der Waals surface area (Å²) in [6, 6.07) is 19.8. The molecule has 2 aliphatic rings. The van der Waals surface area contributed by atoms with Crippen LogP contribution in [0.4, 0.5) is 0 Å². The van der Waals surface area contributed by atoms with Crippen molar-refractivity contribution < 1.29 is 38.0 Å². The van der Waals surface area contributed by atoms with E-state index in [1.807, 2.05) is 42.5 Å². The van der Waals surface area contributed by atoms with Gasteiger partial charge >= 0.3 is 5.97 Å². The molecule has 0 saturated heterocycles. The number of ketones is 1. The van der Waals surface area contributed by atoms with Crippen molar-refractivity contribution in [1.29, 1.82) is 0 Å². The number of hydrogen-bond donors (Lipinski definition) is 0. The van der Waals surface area contributed by atoms with Crippen LogP contribution in [-0.2, 0) is 11.4 Å². The third-order valence-electron chi connectivity index (χ3n) is 7.20. The molecule has 3 heterocycles. The molecule has 42 heavy (non-hydrogen) atoms. The minimum Gasteiger partial charge on any atom is -0.493 e. The highest BCUT2D eigenvalue weighted by Crippen LogP contribution is 2.51. The van der Waals surface area contributed by atoms with E-state index in [0.29, 0.717) is 51.2 Å². The molecule has 0 unspecified atom stereocenters. The smallest absolute Gasteiger partial charge is 0.312 e. The summed E-state index contributed by atoms with van der Waals surface area (Å²) in [5, 5.41) is 0. The van der Waals surface area contributed by atoms with Gasteiger partial charge in [0.05, 0.1) is 39.0 Å². The number of para-hydroxylation sites is 1. The SMILES string of the molecule is COc1ccc(/C=C2\Oc3c(ccc4c3[C@@H](c3ccccc3OCc3ccccn3)CC(=O)O4)C2=O)c(OC)c1OC. The summed E-state index contributed by atoms with van der Waals surface area (Å²) in [6.07, 6.45) is 3.36. The van der Waals surface area contributed by atoms with Gasteiger partial charge in [-0.2, -0.15) is 0 Å². The van der Waals surface area contributed by atoms with E-state index in [1.165, 1.54) is 21.3 Å². The highest BCUT2D eigenvalue weighted by atomic mass is 16.5. The minimum absolute atomic E-state index is 0.0491. The molecule has 3 aromatic carbocycles. The quantitative estimate of drug-likeness (QED) is 0.150. The number of hydrogen-bond acceptors (Lipinski definition) is 9. The van der Waals surface area contributed by atoms with Crippen LogP contribution in [0.3, 0.4) is 0 Å². The van der Waals surface area contributed by atoms with E-state index in [9.17, 15) is 9.59 Å². The van der Waals surface area contributed by atoms with Crippen LogP contribution in [0.2, 0.25) is 0 Å². The van der Waals surface area contributed by atoms with E-state index in [0.717, 1.165) is 11.3 Å². The molecular formula is C33H27NO8. The third kappa shape index (κ3) is 4.79. The molecule has 0 amide bonds. The first-order valence-electron chi connectivity index (χ1n) is 13.2. The zero-order valence-corrected chi connectivity index (χ0v) is 23.2. The lowest BCUT2D eigenvalue weighted by Gasteiger charge is -2.27. The highest BCUT2D eigenvalue weighted by Gasteiger charge is 2.39. The molecule has 0 spiro atoms.